The van der Waals surface area contributed by atoms with Crippen molar-refractivity contribution in [2.45, 2.75) is 6.92 Å². The van der Waals surface area contributed by atoms with E-state index in [0.717, 1.165) is 0 Å². The lowest BCUT2D eigenvalue weighted by Gasteiger charge is -2.06. The Balaban J connectivity index is 2.28. The Kier molecular flexibility index (Phi) is 3.82. The summed E-state index contributed by atoms with van der Waals surface area (Å²) >= 11 is 11.6. The maximum absolute atomic E-state index is 12.0. The van der Waals surface area contributed by atoms with Crippen molar-refractivity contribution in [1.29, 1.82) is 0 Å². The van der Waals surface area contributed by atoms with Gasteiger partial charge in [0.1, 0.15) is 10.3 Å². The summed E-state index contributed by atoms with van der Waals surface area (Å²) < 4.78 is 0. The summed E-state index contributed by atoms with van der Waals surface area (Å²) in [7, 11) is 0. The number of halogens is 2. The third-order valence-electron chi connectivity index (χ3n) is 2.15. The van der Waals surface area contributed by atoms with E-state index in [1.165, 1.54) is 12.3 Å². The third-order valence-corrected chi connectivity index (χ3v) is 2.65. The van der Waals surface area contributed by atoms with Gasteiger partial charge in [-0.1, -0.05) is 23.2 Å². The van der Waals surface area contributed by atoms with Crippen LogP contribution in [0.3, 0.4) is 0 Å². The fraction of sp³-hybridized carbons (Fsp3) is 0.0909. The first-order valence-electron chi connectivity index (χ1n) is 5.19. The van der Waals surface area contributed by atoms with E-state index in [1.807, 2.05) is 0 Å². The molecule has 6 nitrogen and oxygen atoms in total. The minimum Gasteiger partial charge on any atom is -0.397 e. The van der Waals surface area contributed by atoms with Crippen molar-refractivity contribution in [3.63, 3.8) is 0 Å². The van der Waals surface area contributed by atoms with Crippen LogP contribution in [0.4, 0.5) is 11.6 Å². The molecule has 19 heavy (non-hydrogen) atoms. The molecule has 98 valence electrons. The van der Waals surface area contributed by atoms with Crippen molar-refractivity contribution in [2.24, 2.45) is 0 Å². The lowest BCUT2D eigenvalue weighted by molar-refractivity contribution is 0.102. The van der Waals surface area contributed by atoms with Crippen molar-refractivity contribution < 1.29 is 4.79 Å². The van der Waals surface area contributed by atoms with Crippen molar-refractivity contribution in [3.8, 4) is 0 Å². The summed E-state index contributed by atoms with van der Waals surface area (Å²) in [4.78, 5) is 23.7. The molecule has 2 aromatic heterocycles. The molecule has 0 aliphatic heterocycles. The van der Waals surface area contributed by atoms with Crippen LogP contribution in [0.2, 0.25) is 10.3 Å². The van der Waals surface area contributed by atoms with E-state index in [2.05, 4.69) is 20.3 Å². The summed E-state index contributed by atoms with van der Waals surface area (Å²) in [5.74, 6) is -0.417. The number of hydrogen-bond donors (Lipinski definition) is 2. The van der Waals surface area contributed by atoms with E-state index in [4.69, 9.17) is 28.9 Å². The van der Waals surface area contributed by atoms with Crippen LogP contribution in [0.5, 0.6) is 0 Å². The summed E-state index contributed by atoms with van der Waals surface area (Å²) in [5.41, 5.74) is 6.66. The van der Waals surface area contributed by atoms with Gasteiger partial charge in [0, 0.05) is 5.69 Å². The van der Waals surface area contributed by atoms with E-state index < -0.39 is 5.91 Å². The maximum Gasteiger partial charge on any atom is 0.261 e. The molecule has 2 heterocycles. The molecule has 0 aromatic carbocycles. The topological polar surface area (TPSA) is 93.8 Å². The number of nitrogens with zero attached hydrogens (tertiary/aromatic N) is 3. The molecule has 3 N–H and O–H groups in total. The zero-order valence-corrected chi connectivity index (χ0v) is 11.3. The molecule has 0 fully saturated rings. The molecule has 8 heteroatoms. The molecule has 0 bridgehead atoms. The quantitative estimate of drug-likeness (QED) is 0.655. The average molecular weight is 298 g/mol. The van der Waals surface area contributed by atoms with Crippen LogP contribution in [0.1, 0.15) is 16.1 Å². The molecule has 1 amide bonds. The Morgan fingerprint density at radius 2 is 2.05 bits per heavy atom. The number of nitrogens with one attached hydrogen (secondary N) is 1. The Labute approximate surface area is 119 Å². The Morgan fingerprint density at radius 3 is 2.74 bits per heavy atom. The summed E-state index contributed by atoms with van der Waals surface area (Å²) in [6.07, 6.45) is 1.36. The molecular weight excluding hydrogens is 289 g/mol. The second-order valence-electron chi connectivity index (χ2n) is 3.72. The van der Waals surface area contributed by atoms with Gasteiger partial charge in [-0.25, -0.2) is 15.0 Å². The number of pyridine rings is 1. The van der Waals surface area contributed by atoms with Gasteiger partial charge in [-0.15, -0.1) is 0 Å². The first-order chi connectivity index (χ1) is 8.95. The molecule has 0 saturated carbocycles. The highest BCUT2D eigenvalue weighted by Crippen LogP contribution is 2.17. The number of carbonyl (C=O) groups is 1. The smallest absolute Gasteiger partial charge is 0.261 e. The first-order valence-corrected chi connectivity index (χ1v) is 5.95. The van der Waals surface area contributed by atoms with Gasteiger partial charge >= 0.3 is 0 Å². The van der Waals surface area contributed by atoms with E-state index in [-0.39, 0.29) is 21.8 Å². The molecule has 2 aromatic rings. The molecule has 0 spiro atoms. The first kappa shape index (κ1) is 13.5. The van der Waals surface area contributed by atoms with Crippen LogP contribution in [0, 0.1) is 6.92 Å². The minimum atomic E-state index is -0.508. The maximum atomic E-state index is 12.0. The number of nitrogens with two attached hydrogens (primary N) is 1. The molecule has 0 aliphatic carbocycles. The normalized spacial score (nSPS) is 10.3. The number of amides is 1. The summed E-state index contributed by atoms with van der Waals surface area (Å²) in [6, 6.07) is 2.99. The van der Waals surface area contributed by atoms with Gasteiger partial charge in [-0.3, -0.25) is 10.1 Å². The minimum absolute atomic E-state index is 0.0467. The number of aromatic nitrogens is 3. The molecule has 0 radical (unpaired) electrons. The van der Waals surface area contributed by atoms with E-state index in [9.17, 15) is 4.79 Å². The van der Waals surface area contributed by atoms with Gasteiger partial charge in [0.2, 0.25) is 5.95 Å². The fourth-order valence-corrected chi connectivity index (χ4v) is 1.81. The SMILES string of the molecule is Cc1cc(Cl)nc(NC(=O)c2cc(N)cnc2Cl)n1. The van der Waals surface area contributed by atoms with Gasteiger partial charge in [0.25, 0.3) is 5.91 Å². The van der Waals surface area contributed by atoms with Gasteiger partial charge in [-0.05, 0) is 19.1 Å². The highest BCUT2D eigenvalue weighted by molar-refractivity contribution is 6.33. The second-order valence-corrected chi connectivity index (χ2v) is 4.46. The fourth-order valence-electron chi connectivity index (χ4n) is 1.38. The number of hydrogen-bond acceptors (Lipinski definition) is 5. The zero-order valence-electron chi connectivity index (χ0n) is 9.82. The van der Waals surface area contributed by atoms with Gasteiger partial charge in [-0.2, -0.15) is 0 Å². The number of anilines is 2. The van der Waals surface area contributed by atoms with E-state index in [1.54, 1.807) is 13.0 Å². The number of rotatable bonds is 2. The monoisotopic (exact) mass is 297 g/mol. The van der Waals surface area contributed by atoms with Crippen LogP contribution >= 0.6 is 23.2 Å². The largest absolute Gasteiger partial charge is 0.397 e. The number of carbonyl (C=O) groups excluding carboxylic acids is 1. The van der Waals surface area contributed by atoms with Gasteiger partial charge < -0.3 is 5.73 Å². The zero-order chi connectivity index (χ0) is 14.0. The molecule has 2 rings (SSSR count). The van der Waals surface area contributed by atoms with Crippen molar-refractivity contribution in [1.82, 2.24) is 15.0 Å². The Hall–Kier alpha value is -1.92. The number of aryl methyl sites for hydroxylation is 1. The summed E-state index contributed by atoms with van der Waals surface area (Å²) in [5, 5.41) is 2.76. The second kappa shape index (κ2) is 5.38. The van der Waals surface area contributed by atoms with E-state index >= 15 is 0 Å². The lowest BCUT2D eigenvalue weighted by atomic mass is 10.2. The average Bonchev–Trinajstić information content (AvgIpc) is 2.30. The highest BCUT2D eigenvalue weighted by Gasteiger charge is 2.14. The summed E-state index contributed by atoms with van der Waals surface area (Å²) in [6.45, 7) is 1.73. The molecule has 0 atom stereocenters. The van der Waals surface area contributed by atoms with Crippen LogP contribution in [0.15, 0.2) is 18.3 Å². The number of nitrogen functional groups attached to an aromatic ring is 1. The van der Waals surface area contributed by atoms with Crippen molar-refractivity contribution in [2.75, 3.05) is 11.1 Å². The van der Waals surface area contributed by atoms with Gasteiger partial charge in [0.05, 0.1) is 17.4 Å². The molecular formula is C11H9Cl2N5O. The lowest BCUT2D eigenvalue weighted by Crippen LogP contribution is -2.16. The standard InChI is InChI=1S/C11H9Cl2N5O/c1-5-2-8(12)17-11(16-5)18-10(19)7-3-6(14)4-15-9(7)13/h2-4H,14H2,1H3,(H,16,17,18,19). The van der Waals surface area contributed by atoms with Crippen molar-refractivity contribution in [3.05, 3.63) is 39.9 Å². The Bertz CT molecular complexity index is 627. The predicted molar refractivity (Wildman–Crippen MR) is 73.4 cm³/mol. The molecule has 0 saturated heterocycles. The predicted octanol–water partition coefficient (Wildman–Crippen LogP) is 2.32. The van der Waals surface area contributed by atoms with E-state index in [0.29, 0.717) is 11.4 Å². The highest BCUT2D eigenvalue weighted by atomic mass is 35.5. The third kappa shape index (κ3) is 3.30. The Morgan fingerprint density at radius 1 is 1.32 bits per heavy atom. The van der Waals surface area contributed by atoms with Crippen LogP contribution in [0.25, 0.3) is 0 Å². The van der Waals surface area contributed by atoms with Crippen LogP contribution in [-0.4, -0.2) is 20.9 Å². The molecule has 0 unspecified atom stereocenters. The van der Waals surface area contributed by atoms with Crippen molar-refractivity contribution >= 4 is 40.7 Å². The molecule has 0 aliphatic rings. The van der Waals surface area contributed by atoms with Crippen LogP contribution < -0.4 is 11.1 Å². The van der Waals surface area contributed by atoms with Crippen LogP contribution in [-0.2, 0) is 0 Å². The van der Waals surface area contributed by atoms with Gasteiger partial charge in [0.15, 0.2) is 0 Å².